The first kappa shape index (κ1) is 15.1. The molecule has 0 aliphatic carbocycles. The third-order valence-electron chi connectivity index (χ3n) is 3.88. The molecule has 6 heteroatoms. The van der Waals surface area contributed by atoms with Gasteiger partial charge in [0, 0.05) is 24.2 Å². The largest absolute Gasteiger partial charge is 0.481 e. The number of hydrogen-bond acceptors (Lipinski definition) is 4. The van der Waals surface area contributed by atoms with Crippen LogP contribution in [0.4, 0.5) is 0 Å². The van der Waals surface area contributed by atoms with Gasteiger partial charge in [-0.25, -0.2) is 9.50 Å². The molecule has 0 unspecified atom stereocenters. The van der Waals surface area contributed by atoms with Crippen molar-refractivity contribution in [1.82, 2.24) is 19.6 Å². The highest BCUT2D eigenvalue weighted by Crippen LogP contribution is 2.18. The highest BCUT2D eigenvalue weighted by atomic mass is 16.4. The third kappa shape index (κ3) is 3.21. The fraction of sp³-hybridized carbons (Fsp3) is 0.294. The van der Waals surface area contributed by atoms with Crippen molar-refractivity contribution in [3.05, 3.63) is 58.7 Å². The lowest BCUT2D eigenvalue weighted by atomic mass is 10.0. The number of hydrogen-bond donors (Lipinski definition) is 1. The molecule has 6 nitrogen and oxygen atoms in total. The Morgan fingerprint density at radius 3 is 2.61 bits per heavy atom. The van der Waals surface area contributed by atoms with Crippen molar-refractivity contribution in [1.29, 1.82) is 0 Å². The SMILES string of the molecule is Cc1nc2nc(CCC(=O)O)nn2c(C)c1Cc1ccccc1. The summed E-state index contributed by atoms with van der Waals surface area (Å²) in [5.74, 6) is 0.186. The van der Waals surface area contributed by atoms with Crippen LogP contribution >= 0.6 is 0 Å². The minimum absolute atomic E-state index is 0.0196. The Hall–Kier alpha value is -2.76. The maximum absolute atomic E-state index is 10.7. The van der Waals surface area contributed by atoms with Crippen molar-refractivity contribution in [2.75, 3.05) is 0 Å². The quantitative estimate of drug-likeness (QED) is 0.782. The number of nitrogens with zero attached hydrogens (tertiary/aromatic N) is 4. The highest BCUT2D eigenvalue weighted by molar-refractivity contribution is 5.66. The van der Waals surface area contributed by atoms with E-state index in [0.29, 0.717) is 18.0 Å². The number of benzene rings is 1. The first-order valence-corrected chi connectivity index (χ1v) is 7.52. The van der Waals surface area contributed by atoms with Gasteiger partial charge in [0.15, 0.2) is 5.82 Å². The summed E-state index contributed by atoms with van der Waals surface area (Å²) in [6.45, 7) is 3.96. The minimum atomic E-state index is -0.852. The highest BCUT2D eigenvalue weighted by Gasteiger charge is 2.14. The molecule has 0 aliphatic rings. The van der Waals surface area contributed by atoms with Gasteiger partial charge in [-0.05, 0) is 25.0 Å². The molecule has 23 heavy (non-hydrogen) atoms. The van der Waals surface area contributed by atoms with Crippen molar-refractivity contribution in [3.63, 3.8) is 0 Å². The monoisotopic (exact) mass is 310 g/mol. The number of rotatable bonds is 5. The number of carbonyl (C=O) groups is 1. The number of aryl methyl sites for hydroxylation is 3. The van der Waals surface area contributed by atoms with E-state index in [-0.39, 0.29) is 6.42 Å². The molecule has 3 aromatic rings. The smallest absolute Gasteiger partial charge is 0.303 e. The molecule has 0 amide bonds. The van der Waals surface area contributed by atoms with Gasteiger partial charge in [-0.3, -0.25) is 4.79 Å². The Morgan fingerprint density at radius 2 is 1.91 bits per heavy atom. The molecule has 0 atom stereocenters. The molecule has 118 valence electrons. The van der Waals surface area contributed by atoms with Gasteiger partial charge in [-0.1, -0.05) is 30.3 Å². The molecule has 1 N–H and O–H groups in total. The van der Waals surface area contributed by atoms with Gasteiger partial charge < -0.3 is 5.11 Å². The molecular weight excluding hydrogens is 292 g/mol. The second kappa shape index (κ2) is 6.16. The molecule has 3 rings (SSSR count). The van der Waals surface area contributed by atoms with E-state index in [4.69, 9.17) is 5.11 Å². The Labute approximate surface area is 133 Å². The summed E-state index contributed by atoms with van der Waals surface area (Å²) in [7, 11) is 0. The zero-order valence-corrected chi connectivity index (χ0v) is 13.2. The van der Waals surface area contributed by atoms with E-state index in [2.05, 4.69) is 27.2 Å². The van der Waals surface area contributed by atoms with E-state index < -0.39 is 5.97 Å². The Morgan fingerprint density at radius 1 is 1.17 bits per heavy atom. The zero-order chi connectivity index (χ0) is 16.4. The van der Waals surface area contributed by atoms with E-state index in [1.54, 1.807) is 4.52 Å². The second-order valence-electron chi connectivity index (χ2n) is 5.56. The molecule has 0 aliphatic heterocycles. The number of aromatic nitrogens is 4. The van der Waals surface area contributed by atoms with Crippen LogP contribution in [-0.2, 0) is 17.6 Å². The van der Waals surface area contributed by atoms with E-state index >= 15 is 0 Å². The summed E-state index contributed by atoms with van der Waals surface area (Å²) < 4.78 is 1.71. The summed E-state index contributed by atoms with van der Waals surface area (Å²) in [5, 5.41) is 13.2. The molecule has 1 aromatic carbocycles. The fourth-order valence-corrected chi connectivity index (χ4v) is 2.63. The summed E-state index contributed by atoms with van der Waals surface area (Å²) in [4.78, 5) is 19.5. The van der Waals surface area contributed by atoms with Gasteiger partial charge in [0.2, 0.25) is 0 Å². The lowest BCUT2D eigenvalue weighted by molar-refractivity contribution is -0.137. The minimum Gasteiger partial charge on any atom is -0.481 e. The van der Waals surface area contributed by atoms with E-state index in [9.17, 15) is 4.79 Å². The van der Waals surface area contributed by atoms with Crippen molar-refractivity contribution in [2.45, 2.75) is 33.1 Å². The number of carboxylic acids is 1. The molecule has 0 bridgehead atoms. The summed E-state index contributed by atoms with van der Waals surface area (Å²) in [5.41, 5.74) is 4.26. The lowest BCUT2D eigenvalue weighted by Crippen LogP contribution is -2.06. The second-order valence-corrected chi connectivity index (χ2v) is 5.56. The zero-order valence-electron chi connectivity index (χ0n) is 13.2. The average Bonchev–Trinajstić information content (AvgIpc) is 2.93. The predicted molar refractivity (Wildman–Crippen MR) is 85.5 cm³/mol. The summed E-state index contributed by atoms with van der Waals surface area (Å²) in [6, 6.07) is 10.2. The maximum atomic E-state index is 10.7. The maximum Gasteiger partial charge on any atom is 0.303 e. The molecule has 0 fully saturated rings. The predicted octanol–water partition coefficient (Wildman–Crippen LogP) is 2.35. The van der Waals surface area contributed by atoms with Crippen molar-refractivity contribution >= 4 is 11.7 Å². The fourth-order valence-electron chi connectivity index (χ4n) is 2.63. The van der Waals surface area contributed by atoms with E-state index in [1.165, 1.54) is 5.56 Å². The van der Waals surface area contributed by atoms with Crippen molar-refractivity contribution < 1.29 is 9.90 Å². The third-order valence-corrected chi connectivity index (χ3v) is 3.88. The molecule has 2 heterocycles. The van der Waals surface area contributed by atoms with Crippen LogP contribution in [0.3, 0.4) is 0 Å². The van der Waals surface area contributed by atoms with Gasteiger partial charge in [0.1, 0.15) is 0 Å². The Kier molecular flexibility index (Phi) is 4.06. The van der Waals surface area contributed by atoms with Crippen LogP contribution in [0, 0.1) is 13.8 Å². The summed E-state index contributed by atoms with van der Waals surface area (Å²) >= 11 is 0. The molecule has 0 spiro atoms. The number of fused-ring (bicyclic) bond motifs is 1. The van der Waals surface area contributed by atoms with Gasteiger partial charge in [-0.2, -0.15) is 4.98 Å². The summed E-state index contributed by atoms with van der Waals surface area (Å²) in [6.07, 6.45) is 1.11. The van der Waals surface area contributed by atoms with Crippen LogP contribution < -0.4 is 0 Å². The van der Waals surface area contributed by atoms with Crippen LogP contribution in [0.15, 0.2) is 30.3 Å². The first-order chi connectivity index (χ1) is 11.0. The van der Waals surface area contributed by atoms with Gasteiger partial charge >= 0.3 is 5.97 Å². The van der Waals surface area contributed by atoms with Crippen LogP contribution in [-0.4, -0.2) is 30.7 Å². The molecule has 0 saturated heterocycles. The lowest BCUT2D eigenvalue weighted by Gasteiger charge is -2.10. The Bertz CT molecular complexity index is 856. The van der Waals surface area contributed by atoms with Gasteiger partial charge in [0.25, 0.3) is 5.78 Å². The molecule has 0 saturated carbocycles. The number of aliphatic carboxylic acids is 1. The van der Waals surface area contributed by atoms with Crippen LogP contribution in [0.1, 0.15) is 34.8 Å². The van der Waals surface area contributed by atoms with E-state index in [0.717, 1.165) is 23.4 Å². The number of carboxylic acid groups (broad SMARTS) is 1. The topological polar surface area (TPSA) is 80.4 Å². The van der Waals surface area contributed by atoms with Crippen LogP contribution in [0.25, 0.3) is 5.78 Å². The Balaban J connectivity index is 1.97. The molecule has 0 radical (unpaired) electrons. The van der Waals surface area contributed by atoms with Crippen molar-refractivity contribution in [3.8, 4) is 0 Å². The van der Waals surface area contributed by atoms with Crippen LogP contribution in [0.5, 0.6) is 0 Å². The molecular formula is C17H18N4O2. The van der Waals surface area contributed by atoms with Crippen molar-refractivity contribution in [2.24, 2.45) is 0 Å². The normalized spacial score (nSPS) is 11.0. The van der Waals surface area contributed by atoms with Crippen LogP contribution in [0.2, 0.25) is 0 Å². The standard InChI is InChI=1S/C17H18N4O2/c1-11-14(10-13-6-4-3-5-7-13)12(2)21-17(18-11)19-15(20-21)8-9-16(22)23/h3-7H,8-10H2,1-2H3,(H,22,23). The van der Waals surface area contributed by atoms with Gasteiger partial charge in [0.05, 0.1) is 6.42 Å². The molecule has 2 aromatic heterocycles. The van der Waals surface area contributed by atoms with Gasteiger partial charge in [-0.15, -0.1) is 5.10 Å². The average molecular weight is 310 g/mol. The first-order valence-electron chi connectivity index (χ1n) is 7.52. The van der Waals surface area contributed by atoms with E-state index in [1.807, 2.05) is 32.0 Å².